The molecule has 0 atom stereocenters. The summed E-state index contributed by atoms with van der Waals surface area (Å²) in [6.45, 7) is 1.11. The van der Waals surface area contributed by atoms with Crippen LogP contribution in [-0.4, -0.2) is 30.8 Å². The van der Waals surface area contributed by atoms with Crippen LogP contribution >= 0.6 is 0 Å². The van der Waals surface area contributed by atoms with Crippen molar-refractivity contribution >= 4 is 10.0 Å². The topological polar surface area (TPSA) is 64.0 Å². The van der Waals surface area contributed by atoms with Crippen LogP contribution in [-0.2, 0) is 23.0 Å². The summed E-state index contributed by atoms with van der Waals surface area (Å²) in [5.41, 5.74) is 1.19. The molecular formula is C13H17N3O2S. The minimum absolute atomic E-state index is 0.366. The summed E-state index contributed by atoms with van der Waals surface area (Å²) in [5.74, 6) is 0.875. The van der Waals surface area contributed by atoms with E-state index in [0.717, 1.165) is 18.6 Å². The number of nitrogens with one attached hydrogen (secondary N) is 1. The first-order valence-corrected chi connectivity index (χ1v) is 7.92. The molecule has 0 bridgehead atoms. The third kappa shape index (κ3) is 4.50. The van der Waals surface area contributed by atoms with Crippen LogP contribution in [0, 0.1) is 0 Å². The SMILES string of the molecule is CS(=O)(=O)NCCc1nccn1Cc1ccccc1. The predicted octanol–water partition coefficient (Wildman–Crippen LogP) is 1.02. The standard InChI is InChI=1S/C13H17N3O2S/c1-19(17,18)15-8-7-13-14-9-10-16(13)11-12-5-3-2-4-6-12/h2-6,9-10,15H,7-8,11H2,1H3. The molecule has 5 nitrogen and oxygen atoms in total. The molecule has 0 spiro atoms. The molecule has 0 saturated carbocycles. The maximum Gasteiger partial charge on any atom is 0.208 e. The van der Waals surface area contributed by atoms with Gasteiger partial charge in [-0.25, -0.2) is 18.1 Å². The van der Waals surface area contributed by atoms with Crippen molar-refractivity contribution in [1.29, 1.82) is 0 Å². The first kappa shape index (κ1) is 13.8. The van der Waals surface area contributed by atoms with E-state index in [0.29, 0.717) is 13.0 Å². The lowest BCUT2D eigenvalue weighted by Gasteiger charge is -2.08. The zero-order chi connectivity index (χ0) is 13.7. The predicted molar refractivity (Wildman–Crippen MR) is 74.3 cm³/mol. The van der Waals surface area contributed by atoms with Gasteiger partial charge in [0.15, 0.2) is 0 Å². The molecular weight excluding hydrogens is 262 g/mol. The van der Waals surface area contributed by atoms with Crippen molar-refractivity contribution < 1.29 is 8.42 Å². The lowest BCUT2D eigenvalue weighted by Crippen LogP contribution is -2.25. The Bertz CT molecular complexity index is 620. The Hall–Kier alpha value is -1.66. The number of benzene rings is 1. The Balaban J connectivity index is 1.98. The van der Waals surface area contributed by atoms with E-state index in [4.69, 9.17) is 0 Å². The maximum absolute atomic E-state index is 11.0. The highest BCUT2D eigenvalue weighted by atomic mass is 32.2. The second-order valence-corrected chi connectivity index (χ2v) is 6.21. The Kier molecular flexibility index (Phi) is 4.34. The van der Waals surface area contributed by atoms with Crippen molar-refractivity contribution in [2.75, 3.05) is 12.8 Å². The third-order valence-corrected chi connectivity index (χ3v) is 3.44. The van der Waals surface area contributed by atoms with E-state index in [1.807, 2.05) is 29.0 Å². The van der Waals surface area contributed by atoms with E-state index in [9.17, 15) is 8.42 Å². The van der Waals surface area contributed by atoms with Crippen LogP contribution in [0.2, 0.25) is 0 Å². The van der Waals surface area contributed by atoms with Gasteiger partial charge in [-0.15, -0.1) is 0 Å². The summed E-state index contributed by atoms with van der Waals surface area (Å²) in [6.07, 6.45) is 5.37. The molecule has 0 aliphatic rings. The van der Waals surface area contributed by atoms with Crippen molar-refractivity contribution in [1.82, 2.24) is 14.3 Å². The van der Waals surface area contributed by atoms with Crippen molar-refractivity contribution in [3.8, 4) is 0 Å². The van der Waals surface area contributed by atoms with Gasteiger partial charge in [-0.05, 0) is 5.56 Å². The van der Waals surface area contributed by atoms with Gasteiger partial charge in [0.25, 0.3) is 0 Å². The zero-order valence-electron chi connectivity index (χ0n) is 10.8. The molecule has 0 unspecified atom stereocenters. The fraction of sp³-hybridized carbons (Fsp3) is 0.308. The van der Waals surface area contributed by atoms with E-state index in [1.54, 1.807) is 6.20 Å². The molecule has 0 saturated heterocycles. The summed E-state index contributed by atoms with van der Waals surface area (Å²) in [5, 5.41) is 0. The molecule has 2 rings (SSSR count). The van der Waals surface area contributed by atoms with Gasteiger partial charge in [-0.3, -0.25) is 0 Å². The highest BCUT2D eigenvalue weighted by Crippen LogP contribution is 2.05. The van der Waals surface area contributed by atoms with E-state index >= 15 is 0 Å². The second kappa shape index (κ2) is 5.99. The van der Waals surface area contributed by atoms with Gasteiger partial charge in [0.2, 0.25) is 10.0 Å². The lowest BCUT2D eigenvalue weighted by molar-refractivity contribution is 0.585. The van der Waals surface area contributed by atoms with Crippen LogP contribution in [0.15, 0.2) is 42.7 Å². The van der Waals surface area contributed by atoms with E-state index in [-0.39, 0.29) is 0 Å². The molecule has 1 aromatic heterocycles. The van der Waals surface area contributed by atoms with Gasteiger partial charge in [0.05, 0.1) is 6.26 Å². The van der Waals surface area contributed by atoms with Crippen LogP contribution in [0.3, 0.4) is 0 Å². The average molecular weight is 279 g/mol. The van der Waals surface area contributed by atoms with Crippen molar-refractivity contribution in [3.63, 3.8) is 0 Å². The average Bonchev–Trinajstić information content (AvgIpc) is 2.76. The number of hydrogen-bond acceptors (Lipinski definition) is 3. The number of aromatic nitrogens is 2. The minimum atomic E-state index is -3.14. The normalized spacial score (nSPS) is 11.6. The molecule has 2 aromatic rings. The van der Waals surface area contributed by atoms with Crippen LogP contribution in [0.4, 0.5) is 0 Å². The summed E-state index contributed by atoms with van der Waals surface area (Å²) in [4.78, 5) is 4.26. The number of rotatable bonds is 6. The molecule has 0 aliphatic carbocycles. The van der Waals surface area contributed by atoms with Crippen LogP contribution in [0.5, 0.6) is 0 Å². The summed E-state index contributed by atoms with van der Waals surface area (Å²) >= 11 is 0. The fourth-order valence-corrected chi connectivity index (χ4v) is 2.31. The zero-order valence-corrected chi connectivity index (χ0v) is 11.6. The minimum Gasteiger partial charge on any atom is -0.330 e. The molecule has 0 fully saturated rings. The maximum atomic E-state index is 11.0. The number of nitrogens with zero attached hydrogens (tertiary/aromatic N) is 2. The molecule has 1 aromatic carbocycles. The summed E-state index contributed by atoms with van der Waals surface area (Å²) in [7, 11) is -3.14. The Morgan fingerprint density at radius 3 is 2.68 bits per heavy atom. The molecule has 0 aliphatic heterocycles. The summed E-state index contributed by atoms with van der Waals surface area (Å²) in [6, 6.07) is 10.1. The second-order valence-electron chi connectivity index (χ2n) is 4.37. The highest BCUT2D eigenvalue weighted by Gasteiger charge is 2.05. The van der Waals surface area contributed by atoms with Gasteiger partial charge in [-0.1, -0.05) is 30.3 Å². The monoisotopic (exact) mass is 279 g/mol. The third-order valence-electron chi connectivity index (χ3n) is 2.71. The number of hydrogen-bond donors (Lipinski definition) is 1. The van der Waals surface area contributed by atoms with Gasteiger partial charge >= 0.3 is 0 Å². The summed E-state index contributed by atoms with van der Waals surface area (Å²) < 4.78 is 26.5. The lowest BCUT2D eigenvalue weighted by atomic mass is 10.2. The molecule has 102 valence electrons. The Morgan fingerprint density at radius 2 is 2.00 bits per heavy atom. The fourth-order valence-electron chi connectivity index (χ4n) is 1.84. The van der Waals surface area contributed by atoms with Crippen molar-refractivity contribution in [2.45, 2.75) is 13.0 Å². The molecule has 1 N–H and O–H groups in total. The highest BCUT2D eigenvalue weighted by molar-refractivity contribution is 7.88. The smallest absolute Gasteiger partial charge is 0.208 e. The van der Waals surface area contributed by atoms with Crippen LogP contribution in [0.1, 0.15) is 11.4 Å². The molecule has 0 radical (unpaired) electrons. The van der Waals surface area contributed by atoms with Crippen LogP contribution < -0.4 is 4.72 Å². The first-order valence-electron chi connectivity index (χ1n) is 6.03. The molecule has 1 heterocycles. The van der Waals surface area contributed by atoms with Crippen LogP contribution in [0.25, 0.3) is 0 Å². The quantitative estimate of drug-likeness (QED) is 0.858. The Labute approximate surface area is 113 Å². The molecule has 0 amide bonds. The van der Waals surface area contributed by atoms with E-state index < -0.39 is 10.0 Å². The molecule has 6 heteroatoms. The first-order chi connectivity index (χ1) is 9.04. The number of sulfonamides is 1. The van der Waals surface area contributed by atoms with Gasteiger partial charge in [0.1, 0.15) is 5.82 Å². The largest absolute Gasteiger partial charge is 0.330 e. The van der Waals surface area contributed by atoms with Gasteiger partial charge in [0, 0.05) is 31.9 Å². The number of imidazole rings is 1. The van der Waals surface area contributed by atoms with Gasteiger partial charge in [-0.2, -0.15) is 0 Å². The van der Waals surface area contributed by atoms with Gasteiger partial charge < -0.3 is 4.57 Å². The Morgan fingerprint density at radius 1 is 1.26 bits per heavy atom. The van der Waals surface area contributed by atoms with E-state index in [2.05, 4.69) is 21.8 Å². The van der Waals surface area contributed by atoms with E-state index in [1.165, 1.54) is 5.56 Å². The molecule has 19 heavy (non-hydrogen) atoms. The van der Waals surface area contributed by atoms with Crippen molar-refractivity contribution in [2.24, 2.45) is 0 Å². The van der Waals surface area contributed by atoms with Crippen molar-refractivity contribution in [3.05, 3.63) is 54.1 Å².